The topological polar surface area (TPSA) is 58.0 Å². The molecule has 2 N–H and O–H groups in total. The van der Waals surface area contributed by atoms with Gasteiger partial charge in [0.2, 0.25) is 0 Å². The number of hydrogen-bond donors (Lipinski definition) is 2. The number of nitrogens with zero attached hydrogens (tertiary/aromatic N) is 2. The Kier molecular flexibility index (Phi) is 2.87. The van der Waals surface area contributed by atoms with Gasteiger partial charge in [0, 0.05) is 18.0 Å². The SMILES string of the molecule is O[C@@H]1CCC[C@H]1NCc1csnn1. The van der Waals surface area contributed by atoms with Crippen molar-refractivity contribution in [1.29, 1.82) is 0 Å². The number of nitrogens with one attached hydrogen (secondary N) is 1. The Labute approximate surface area is 81.1 Å². The summed E-state index contributed by atoms with van der Waals surface area (Å²) in [5.74, 6) is 0. The summed E-state index contributed by atoms with van der Waals surface area (Å²) in [6.07, 6.45) is 2.94. The van der Waals surface area contributed by atoms with E-state index in [1.807, 2.05) is 5.38 Å². The molecule has 0 radical (unpaired) electrons. The van der Waals surface area contributed by atoms with E-state index in [-0.39, 0.29) is 12.1 Å². The van der Waals surface area contributed by atoms with Gasteiger partial charge in [0.05, 0.1) is 11.8 Å². The van der Waals surface area contributed by atoms with Gasteiger partial charge in [-0.2, -0.15) is 0 Å². The van der Waals surface area contributed by atoms with Crippen LogP contribution in [0.4, 0.5) is 0 Å². The zero-order chi connectivity index (χ0) is 9.10. The molecule has 0 aromatic carbocycles. The van der Waals surface area contributed by atoms with E-state index < -0.39 is 0 Å². The molecule has 13 heavy (non-hydrogen) atoms. The highest BCUT2D eigenvalue weighted by Gasteiger charge is 2.24. The lowest BCUT2D eigenvalue weighted by atomic mass is 10.2. The maximum absolute atomic E-state index is 9.52. The van der Waals surface area contributed by atoms with Crippen LogP contribution in [0.15, 0.2) is 5.38 Å². The van der Waals surface area contributed by atoms with Gasteiger partial charge in [-0.3, -0.25) is 0 Å². The first-order chi connectivity index (χ1) is 6.36. The standard InChI is InChI=1S/C8H13N3OS/c12-8-3-1-2-7(8)9-4-6-5-13-11-10-6/h5,7-9,12H,1-4H2/t7-,8-/m1/s1. The predicted octanol–water partition coefficient (Wildman–Crippen LogP) is 0.541. The molecule has 1 heterocycles. The van der Waals surface area contributed by atoms with Gasteiger partial charge in [-0.15, -0.1) is 5.10 Å². The van der Waals surface area contributed by atoms with Crippen molar-refractivity contribution in [2.24, 2.45) is 0 Å². The van der Waals surface area contributed by atoms with Crippen molar-refractivity contribution >= 4 is 11.5 Å². The molecule has 1 aliphatic rings. The van der Waals surface area contributed by atoms with E-state index in [4.69, 9.17) is 0 Å². The summed E-state index contributed by atoms with van der Waals surface area (Å²) >= 11 is 1.36. The molecule has 72 valence electrons. The molecule has 0 aliphatic heterocycles. The molecule has 2 rings (SSSR count). The number of rotatable bonds is 3. The van der Waals surface area contributed by atoms with Gasteiger partial charge in [-0.05, 0) is 30.8 Å². The lowest BCUT2D eigenvalue weighted by Gasteiger charge is -2.14. The van der Waals surface area contributed by atoms with E-state index in [9.17, 15) is 5.11 Å². The number of hydrogen-bond acceptors (Lipinski definition) is 5. The van der Waals surface area contributed by atoms with E-state index >= 15 is 0 Å². The molecule has 0 amide bonds. The molecule has 1 aromatic heterocycles. The van der Waals surface area contributed by atoms with Crippen LogP contribution in [0.3, 0.4) is 0 Å². The zero-order valence-electron chi connectivity index (χ0n) is 7.31. The smallest absolute Gasteiger partial charge is 0.0893 e. The van der Waals surface area contributed by atoms with Crippen LogP contribution in [0, 0.1) is 0 Å². The fourth-order valence-electron chi connectivity index (χ4n) is 1.68. The number of aromatic nitrogens is 2. The second-order valence-corrected chi connectivity index (χ2v) is 3.99. The van der Waals surface area contributed by atoms with Gasteiger partial charge < -0.3 is 10.4 Å². The Morgan fingerprint density at radius 2 is 2.54 bits per heavy atom. The molecular weight excluding hydrogens is 186 g/mol. The Morgan fingerprint density at radius 3 is 3.15 bits per heavy atom. The molecule has 0 saturated heterocycles. The van der Waals surface area contributed by atoms with Crippen LogP contribution >= 0.6 is 11.5 Å². The summed E-state index contributed by atoms with van der Waals surface area (Å²) in [6.45, 7) is 0.720. The van der Waals surface area contributed by atoms with Crippen LogP contribution in [-0.2, 0) is 6.54 Å². The first kappa shape index (κ1) is 9.05. The molecule has 0 unspecified atom stereocenters. The lowest BCUT2D eigenvalue weighted by Crippen LogP contribution is -2.35. The number of aliphatic hydroxyl groups is 1. The molecule has 1 aliphatic carbocycles. The predicted molar refractivity (Wildman–Crippen MR) is 50.4 cm³/mol. The van der Waals surface area contributed by atoms with E-state index in [1.54, 1.807) is 0 Å². The zero-order valence-corrected chi connectivity index (χ0v) is 8.13. The Balaban J connectivity index is 1.79. The Bertz CT molecular complexity index is 252. The molecule has 1 aromatic rings. The second-order valence-electron chi connectivity index (χ2n) is 3.38. The maximum atomic E-state index is 9.52. The fraction of sp³-hybridized carbons (Fsp3) is 0.750. The molecule has 2 atom stereocenters. The van der Waals surface area contributed by atoms with Crippen molar-refractivity contribution in [2.45, 2.75) is 38.0 Å². The average molecular weight is 199 g/mol. The minimum Gasteiger partial charge on any atom is -0.392 e. The fourth-order valence-corrected chi connectivity index (χ4v) is 2.13. The molecule has 1 saturated carbocycles. The van der Waals surface area contributed by atoms with Gasteiger partial charge in [0.1, 0.15) is 0 Å². The van der Waals surface area contributed by atoms with Crippen molar-refractivity contribution in [3.8, 4) is 0 Å². The summed E-state index contributed by atoms with van der Waals surface area (Å²) in [4.78, 5) is 0. The normalized spacial score (nSPS) is 28.1. The summed E-state index contributed by atoms with van der Waals surface area (Å²) in [5, 5.41) is 18.7. The van der Waals surface area contributed by atoms with Crippen LogP contribution < -0.4 is 5.32 Å². The molecule has 4 nitrogen and oxygen atoms in total. The highest BCUT2D eigenvalue weighted by molar-refractivity contribution is 7.03. The average Bonchev–Trinajstić information content (AvgIpc) is 2.72. The van der Waals surface area contributed by atoms with Crippen LogP contribution in [0.1, 0.15) is 25.0 Å². The lowest BCUT2D eigenvalue weighted by molar-refractivity contribution is 0.148. The van der Waals surface area contributed by atoms with Crippen LogP contribution in [0.25, 0.3) is 0 Å². The van der Waals surface area contributed by atoms with Gasteiger partial charge in [-0.25, -0.2) is 0 Å². The molecule has 1 fully saturated rings. The van der Waals surface area contributed by atoms with E-state index in [0.717, 1.165) is 31.5 Å². The van der Waals surface area contributed by atoms with Gasteiger partial charge in [-0.1, -0.05) is 4.49 Å². The van der Waals surface area contributed by atoms with Crippen molar-refractivity contribution in [3.05, 3.63) is 11.1 Å². The summed E-state index contributed by atoms with van der Waals surface area (Å²) in [6, 6.07) is 0.252. The number of aliphatic hydroxyl groups excluding tert-OH is 1. The quantitative estimate of drug-likeness (QED) is 0.746. The van der Waals surface area contributed by atoms with Gasteiger partial charge in [0.15, 0.2) is 0 Å². The largest absolute Gasteiger partial charge is 0.392 e. The second kappa shape index (κ2) is 4.13. The molecular formula is C8H13N3OS. The van der Waals surface area contributed by atoms with Crippen LogP contribution in [0.2, 0.25) is 0 Å². The summed E-state index contributed by atoms with van der Waals surface area (Å²) < 4.78 is 3.78. The minimum atomic E-state index is -0.174. The minimum absolute atomic E-state index is 0.174. The molecule has 5 heteroatoms. The van der Waals surface area contributed by atoms with Gasteiger partial charge in [0.25, 0.3) is 0 Å². The molecule has 0 bridgehead atoms. The highest BCUT2D eigenvalue weighted by atomic mass is 32.1. The van der Waals surface area contributed by atoms with E-state index in [2.05, 4.69) is 14.9 Å². The Morgan fingerprint density at radius 1 is 1.62 bits per heavy atom. The Hall–Kier alpha value is -0.520. The first-order valence-electron chi connectivity index (χ1n) is 4.53. The van der Waals surface area contributed by atoms with Crippen LogP contribution in [-0.4, -0.2) is 26.8 Å². The van der Waals surface area contributed by atoms with Crippen molar-refractivity contribution in [1.82, 2.24) is 14.9 Å². The summed E-state index contributed by atoms with van der Waals surface area (Å²) in [7, 11) is 0. The van der Waals surface area contributed by atoms with Crippen molar-refractivity contribution in [3.63, 3.8) is 0 Å². The third-order valence-corrected chi connectivity index (χ3v) is 2.98. The monoisotopic (exact) mass is 199 g/mol. The first-order valence-corrected chi connectivity index (χ1v) is 5.37. The van der Waals surface area contributed by atoms with Gasteiger partial charge >= 0.3 is 0 Å². The van der Waals surface area contributed by atoms with Crippen molar-refractivity contribution < 1.29 is 5.11 Å². The third kappa shape index (κ3) is 2.24. The summed E-state index contributed by atoms with van der Waals surface area (Å²) in [5.41, 5.74) is 0.962. The van der Waals surface area contributed by atoms with Crippen LogP contribution in [0.5, 0.6) is 0 Å². The third-order valence-electron chi connectivity index (χ3n) is 2.43. The maximum Gasteiger partial charge on any atom is 0.0893 e. The van der Waals surface area contributed by atoms with Crippen molar-refractivity contribution in [2.75, 3.05) is 0 Å². The van der Waals surface area contributed by atoms with E-state index in [1.165, 1.54) is 11.5 Å². The van der Waals surface area contributed by atoms with E-state index in [0.29, 0.717) is 0 Å². The highest BCUT2D eigenvalue weighted by Crippen LogP contribution is 2.18. The molecule has 0 spiro atoms.